The number of hydrogen-bond acceptors (Lipinski definition) is 4. The van der Waals surface area contributed by atoms with Gasteiger partial charge in [0.2, 0.25) is 0 Å². The van der Waals surface area contributed by atoms with Crippen molar-refractivity contribution in [1.82, 2.24) is 0 Å². The van der Waals surface area contributed by atoms with E-state index in [9.17, 15) is 0 Å². The van der Waals surface area contributed by atoms with Gasteiger partial charge in [0.15, 0.2) is 0 Å². The molecule has 0 atom stereocenters. The monoisotopic (exact) mass is 408 g/mol. The molecule has 0 heterocycles. The third kappa shape index (κ3) is 78700. The molecule has 0 aliphatic rings. The van der Waals surface area contributed by atoms with Crippen LogP contribution in [0.3, 0.4) is 0 Å². The fourth-order valence-electron chi connectivity index (χ4n) is 0. The van der Waals surface area contributed by atoms with E-state index in [1.165, 1.54) is 0 Å². The molecule has 9 heteroatoms. The number of quaternary nitrogens is 4. The SMILES string of the molecule is C[N+](C)(C)C.C[N+](C)(C)C.C[N+](C)(C)C.C[N+](C)(C)C.[O-][Ti]([O-])([O-])[O-]. The molecule has 8 nitrogen and oxygen atoms in total. The molecule has 0 bridgehead atoms. The molecule has 0 fully saturated rings. The van der Waals surface area contributed by atoms with Crippen molar-refractivity contribution < 1.29 is 50.8 Å². The summed E-state index contributed by atoms with van der Waals surface area (Å²) in [7, 11) is 34.0. The second-order valence-corrected chi connectivity index (χ2v) is 12.8. The third-order valence-electron chi connectivity index (χ3n) is 0. The normalized spacial score (nSPS) is 12.0. The van der Waals surface area contributed by atoms with Crippen molar-refractivity contribution in [2.75, 3.05) is 113 Å². The van der Waals surface area contributed by atoms with Crippen LogP contribution in [0.2, 0.25) is 0 Å². The van der Waals surface area contributed by atoms with Crippen LogP contribution >= 0.6 is 0 Å². The number of rotatable bonds is 0. The van der Waals surface area contributed by atoms with Crippen molar-refractivity contribution in [2.45, 2.75) is 0 Å². The van der Waals surface area contributed by atoms with Crippen LogP contribution in [0, 0.1) is 0 Å². The van der Waals surface area contributed by atoms with Gasteiger partial charge < -0.3 is 17.9 Å². The van der Waals surface area contributed by atoms with Gasteiger partial charge in [-0.15, -0.1) is 0 Å². The van der Waals surface area contributed by atoms with E-state index in [2.05, 4.69) is 113 Å². The summed E-state index contributed by atoms with van der Waals surface area (Å²) in [5.74, 6) is 0. The molecule has 0 rings (SSSR count). The Balaban J connectivity index is -0.0000000667. The molecule has 0 unspecified atom stereocenters. The van der Waals surface area contributed by atoms with E-state index >= 15 is 0 Å². The molecule has 0 aromatic rings. The predicted molar refractivity (Wildman–Crippen MR) is 95.8 cm³/mol. The van der Waals surface area contributed by atoms with Crippen LogP contribution in [0.25, 0.3) is 0 Å². The summed E-state index contributed by atoms with van der Waals surface area (Å²) in [5, 5.41) is 0. The first-order chi connectivity index (χ1) is 10.0. The Kier molecular flexibility index (Phi) is 21.0. The standard InChI is InChI=1S/4C4H12N.4O.Ti/c4*1-5(2,3)4;;;;;/h4*1-4H3;;;;;/q4*+1;4*-1;. The summed E-state index contributed by atoms with van der Waals surface area (Å²) in [5.41, 5.74) is 0. The minimum atomic E-state index is -6.00. The molecule has 160 valence electrons. The average Bonchev–Trinajstić information content (AvgIpc) is 1.79. The number of nitrogens with zero attached hydrogens (tertiary/aromatic N) is 4. The van der Waals surface area contributed by atoms with Crippen LogP contribution in [0.1, 0.15) is 0 Å². The van der Waals surface area contributed by atoms with Gasteiger partial charge in [-0.05, 0) is 0 Å². The molecule has 0 radical (unpaired) electrons. The molecule has 0 saturated carbocycles. The van der Waals surface area contributed by atoms with Crippen LogP contribution in [0.15, 0.2) is 0 Å². The van der Waals surface area contributed by atoms with E-state index in [-0.39, 0.29) is 0 Å². The van der Waals surface area contributed by atoms with Crippen molar-refractivity contribution in [2.24, 2.45) is 0 Å². The van der Waals surface area contributed by atoms with Crippen molar-refractivity contribution in [3.05, 3.63) is 0 Å². The summed E-state index contributed by atoms with van der Waals surface area (Å²) in [6.45, 7) is 0. The van der Waals surface area contributed by atoms with Gasteiger partial charge in [0, 0.05) is 0 Å². The van der Waals surface area contributed by atoms with Crippen LogP contribution in [0.5, 0.6) is 0 Å². The zero-order chi connectivity index (χ0) is 22.5. The second kappa shape index (κ2) is 14.5. The van der Waals surface area contributed by atoms with Gasteiger partial charge in [-0.1, -0.05) is 0 Å². The van der Waals surface area contributed by atoms with Crippen molar-refractivity contribution >= 4 is 0 Å². The molecule has 25 heavy (non-hydrogen) atoms. The van der Waals surface area contributed by atoms with Crippen LogP contribution < -0.4 is 14.8 Å². The van der Waals surface area contributed by atoms with E-state index < -0.39 is 18.1 Å². The summed E-state index contributed by atoms with van der Waals surface area (Å²) in [4.78, 5) is 0. The van der Waals surface area contributed by atoms with Crippen molar-refractivity contribution in [3.8, 4) is 0 Å². The predicted octanol–water partition coefficient (Wildman–Crippen LogP) is -3.47. The first-order valence-corrected chi connectivity index (χ1v) is 10.5. The fraction of sp³-hybridized carbons (Fsp3) is 1.00. The molecule has 0 spiro atoms. The van der Waals surface area contributed by atoms with Crippen LogP contribution in [-0.2, 0) is 18.1 Å². The maximum atomic E-state index is 8.62. The third-order valence-corrected chi connectivity index (χ3v) is 0. The van der Waals surface area contributed by atoms with Gasteiger partial charge in [0.05, 0.1) is 113 Å². The first kappa shape index (κ1) is 36.3. The Morgan fingerprint density at radius 2 is 0.320 bits per heavy atom. The van der Waals surface area contributed by atoms with Gasteiger partial charge in [-0.3, -0.25) is 0 Å². The van der Waals surface area contributed by atoms with Gasteiger partial charge in [0.1, 0.15) is 0 Å². The summed E-state index contributed by atoms with van der Waals surface area (Å²) >= 11 is -6.00. The fourth-order valence-corrected chi connectivity index (χ4v) is 0. The quantitative estimate of drug-likeness (QED) is 0.308. The molecular formula is C16H48N4O4Ti. The summed E-state index contributed by atoms with van der Waals surface area (Å²) in [6, 6.07) is 0. The van der Waals surface area contributed by atoms with E-state index in [0.717, 1.165) is 17.9 Å². The molecule has 0 aromatic heterocycles. The van der Waals surface area contributed by atoms with Crippen LogP contribution in [0.4, 0.5) is 0 Å². The Bertz CT molecular complexity index is 183. The number of hydrogen-bond donors (Lipinski definition) is 0. The minimum absolute atomic E-state index is 1.00. The Morgan fingerprint density at radius 1 is 0.320 bits per heavy atom. The zero-order valence-corrected chi connectivity index (χ0v) is 21.5. The Morgan fingerprint density at radius 3 is 0.320 bits per heavy atom. The van der Waals surface area contributed by atoms with Gasteiger partial charge in [-0.2, -0.15) is 0 Å². The van der Waals surface area contributed by atoms with Crippen molar-refractivity contribution in [3.63, 3.8) is 0 Å². The molecule has 0 amide bonds. The molecule has 0 aromatic carbocycles. The zero-order valence-electron chi connectivity index (χ0n) is 19.9. The molecule has 0 saturated heterocycles. The Hall–Kier alpha value is 0.394. The maximum absolute atomic E-state index is 8.62. The summed E-state index contributed by atoms with van der Waals surface area (Å²) in [6.07, 6.45) is 0. The molecule has 0 N–H and O–H groups in total. The van der Waals surface area contributed by atoms with Gasteiger partial charge in [-0.25, -0.2) is 0 Å². The molecular weight excluding hydrogens is 360 g/mol. The summed E-state index contributed by atoms with van der Waals surface area (Å²) < 4.78 is 38.5. The van der Waals surface area contributed by atoms with Crippen molar-refractivity contribution in [1.29, 1.82) is 0 Å². The molecule has 0 aliphatic heterocycles. The average molecular weight is 408 g/mol. The molecule has 0 aliphatic carbocycles. The van der Waals surface area contributed by atoms with Crippen LogP contribution in [-0.4, -0.2) is 131 Å². The van der Waals surface area contributed by atoms with Gasteiger partial charge >= 0.3 is 32.9 Å². The second-order valence-electron chi connectivity index (χ2n) is 11.2. The van der Waals surface area contributed by atoms with E-state index in [0.29, 0.717) is 0 Å². The van der Waals surface area contributed by atoms with E-state index in [4.69, 9.17) is 14.8 Å². The van der Waals surface area contributed by atoms with E-state index in [1.807, 2.05) is 0 Å². The Labute approximate surface area is 163 Å². The topological polar surface area (TPSA) is 92.2 Å². The first-order valence-electron chi connectivity index (χ1n) is 7.97. The van der Waals surface area contributed by atoms with E-state index in [1.54, 1.807) is 0 Å². The van der Waals surface area contributed by atoms with Gasteiger partial charge in [0.25, 0.3) is 0 Å².